The molecule has 1 amide bonds. The van der Waals surface area contributed by atoms with Crippen molar-refractivity contribution in [3.8, 4) is 6.07 Å². The number of carbonyl (C=O) groups is 2. The van der Waals surface area contributed by atoms with Crippen LogP contribution in [0.2, 0.25) is 5.02 Å². The Kier molecular flexibility index (Phi) is 14.5. The average Bonchev–Trinajstić information content (AvgIpc) is 3.96. The number of benzene rings is 2. The highest BCUT2D eigenvalue weighted by Crippen LogP contribution is 2.31. The molecule has 0 unspecified atom stereocenters. The van der Waals surface area contributed by atoms with Crippen LogP contribution in [-0.2, 0) is 22.6 Å². The lowest BCUT2D eigenvalue weighted by molar-refractivity contribution is -0.174. The molecule has 1 saturated carbocycles. The second-order valence-electron chi connectivity index (χ2n) is 13.3. The van der Waals surface area contributed by atoms with E-state index < -0.39 is 42.4 Å². The van der Waals surface area contributed by atoms with Crippen LogP contribution in [0.15, 0.2) is 85.2 Å². The number of hydrogen-bond donors (Lipinski definition) is 4. The number of aromatic nitrogens is 2. The van der Waals surface area contributed by atoms with Gasteiger partial charge in [-0.05, 0) is 50.8 Å². The largest absolute Gasteiger partial charge is 0.462 e. The molecule has 0 spiro atoms. The van der Waals surface area contributed by atoms with Crippen molar-refractivity contribution in [3.63, 3.8) is 0 Å². The van der Waals surface area contributed by atoms with Crippen molar-refractivity contribution >= 4 is 40.8 Å². The van der Waals surface area contributed by atoms with Crippen LogP contribution in [0.3, 0.4) is 0 Å². The summed E-state index contributed by atoms with van der Waals surface area (Å²) < 4.78 is 60.7. The molecule has 1 aliphatic carbocycles. The molecule has 2 aromatic carbocycles. The van der Waals surface area contributed by atoms with Crippen LogP contribution in [-0.4, -0.2) is 75.0 Å². The number of amides is 1. The third-order valence-electron chi connectivity index (χ3n) is 8.16. The molecule has 0 saturated heterocycles. The summed E-state index contributed by atoms with van der Waals surface area (Å²) in [6.45, 7) is 2.34. The minimum absolute atomic E-state index is 0.0637. The van der Waals surface area contributed by atoms with Crippen LogP contribution in [0.25, 0.3) is 0 Å². The number of carbonyl (C=O) groups excluding carboxylic acids is 2. The first kappa shape index (κ1) is 42.4. The Balaban J connectivity index is 0.000000253. The van der Waals surface area contributed by atoms with Crippen molar-refractivity contribution < 1.29 is 37.0 Å². The van der Waals surface area contributed by atoms with Crippen LogP contribution in [0.4, 0.5) is 34.9 Å². The number of nitrogens with one attached hydrogen (secondary N) is 3. The summed E-state index contributed by atoms with van der Waals surface area (Å²) in [7, 11) is 0. The van der Waals surface area contributed by atoms with Gasteiger partial charge in [-0.25, -0.2) is 23.5 Å². The van der Waals surface area contributed by atoms with E-state index in [2.05, 4.69) is 30.7 Å². The van der Waals surface area contributed by atoms with Gasteiger partial charge in [0.2, 0.25) is 0 Å². The van der Waals surface area contributed by atoms with E-state index in [0.717, 1.165) is 37.8 Å². The van der Waals surface area contributed by atoms with E-state index in [1.165, 1.54) is 25.4 Å². The molecule has 1 aliphatic rings. The number of halogens is 5. The molecule has 0 radical (unpaired) electrons. The fourth-order valence-electron chi connectivity index (χ4n) is 4.92. The topological polar surface area (TPSA) is 152 Å². The molecule has 2 aromatic heterocycles. The fraction of sp³-hybridized carbons (Fsp3) is 0.359. The smallest absolute Gasteiger partial charge is 0.378 e. The summed E-state index contributed by atoms with van der Waals surface area (Å²) in [6, 6.07) is 23.8. The molecule has 0 bridgehead atoms. The molecular weight excluding hydrogens is 742 g/mol. The highest BCUT2D eigenvalue weighted by Gasteiger charge is 2.45. The number of anilines is 3. The molecule has 1 fully saturated rings. The number of nitrogens with zero attached hydrogens (tertiary/aromatic N) is 4. The molecular formula is C39H42ClF4N7O4. The van der Waals surface area contributed by atoms with Gasteiger partial charge in [0, 0.05) is 37.6 Å². The van der Waals surface area contributed by atoms with E-state index in [-0.39, 0.29) is 29.1 Å². The summed E-state index contributed by atoms with van der Waals surface area (Å²) >= 11 is 6.12. The van der Waals surface area contributed by atoms with E-state index in [4.69, 9.17) is 16.9 Å². The van der Waals surface area contributed by atoms with Crippen LogP contribution >= 0.6 is 11.6 Å². The summed E-state index contributed by atoms with van der Waals surface area (Å²) in [5.41, 5.74) is 0.335. The van der Waals surface area contributed by atoms with E-state index in [9.17, 15) is 32.3 Å². The SMILES string of the molecule is CC(C)(O)C(F)(F)CNC(=O)c1cnc(Nc2ncc(C#N)cc2Cl)cc1NC1CC1.CCOC(=O)C(F)(F)CN(Cc1ccccc1)Cc1ccccc1. The third kappa shape index (κ3) is 12.9. The number of esters is 1. The zero-order valence-corrected chi connectivity index (χ0v) is 31.2. The maximum absolute atomic E-state index is 14.1. The quantitative estimate of drug-likeness (QED) is 0.0671. The number of nitriles is 1. The Bertz CT molecular complexity index is 1900. The second-order valence-corrected chi connectivity index (χ2v) is 13.7. The van der Waals surface area contributed by atoms with Crippen molar-refractivity contribution in [2.24, 2.45) is 0 Å². The van der Waals surface area contributed by atoms with Crippen molar-refractivity contribution in [2.45, 2.75) is 70.2 Å². The minimum atomic E-state index is -3.54. The first-order chi connectivity index (χ1) is 26.0. The Morgan fingerprint density at radius 1 is 0.982 bits per heavy atom. The van der Waals surface area contributed by atoms with E-state index in [1.54, 1.807) is 11.0 Å². The van der Waals surface area contributed by atoms with Gasteiger partial charge < -0.3 is 25.8 Å². The third-order valence-corrected chi connectivity index (χ3v) is 8.45. The summed E-state index contributed by atoms with van der Waals surface area (Å²) in [4.78, 5) is 33.8. The van der Waals surface area contributed by atoms with Gasteiger partial charge in [-0.2, -0.15) is 14.0 Å². The summed E-state index contributed by atoms with van der Waals surface area (Å²) in [5, 5.41) is 26.9. The fourth-order valence-corrected chi connectivity index (χ4v) is 5.13. The zero-order chi connectivity index (χ0) is 40.2. The predicted octanol–water partition coefficient (Wildman–Crippen LogP) is 7.34. The molecule has 4 N–H and O–H groups in total. The molecule has 5 rings (SSSR count). The number of alkyl halides is 4. The van der Waals surface area contributed by atoms with Gasteiger partial charge in [-0.1, -0.05) is 72.3 Å². The van der Waals surface area contributed by atoms with Crippen LogP contribution in [0.5, 0.6) is 0 Å². The Morgan fingerprint density at radius 3 is 2.09 bits per heavy atom. The van der Waals surface area contributed by atoms with Crippen molar-refractivity contribution in [2.75, 3.05) is 30.3 Å². The molecule has 16 heteroatoms. The van der Waals surface area contributed by atoms with Gasteiger partial charge in [0.05, 0.1) is 41.5 Å². The Morgan fingerprint density at radius 2 is 1.58 bits per heavy atom. The lowest BCUT2D eigenvalue weighted by Crippen LogP contribution is -2.50. The predicted molar refractivity (Wildman–Crippen MR) is 200 cm³/mol. The number of ether oxygens (including phenoxy) is 1. The van der Waals surface area contributed by atoms with E-state index in [0.29, 0.717) is 30.2 Å². The Hall–Kier alpha value is -5.30. The maximum Gasteiger partial charge on any atom is 0.378 e. The summed E-state index contributed by atoms with van der Waals surface area (Å²) in [6.07, 6.45) is 4.45. The van der Waals surface area contributed by atoms with Gasteiger partial charge in [-0.15, -0.1) is 0 Å². The standard InChI is InChI=1S/C20H21ClF2N6O2.C19H21F2NO2/c1-19(2,31)20(22,23)10-27-18(30)13-9-25-16(6-15(13)28-12-3-4-12)29-17-14(21)5-11(7-24)8-26-17;1-2-24-18(23)19(20,21)15-22(13-16-9-5-3-6-10-16)14-17-11-7-4-8-12-17/h5-6,8-9,12,31H,3-4,10H2,1-2H3,(H,27,30)(H2,25,26,28,29);3-12H,2,13-15H2,1H3. The summed E-state index contributed by atoms with van der Waals surface area (Å²) in [5.74, 6) is -8.69. The molecule has 11 nitrogen and oxygen atoms in total. The monoisotopic (exact) mass is 783 g/mol. The molecule has 0 aliphatic heterocycles. The molecule has 4 aromatic rings. The normalized spacial score (nSPS) is 12.9. The molecule has 292 valence electrons. The van der Waals surface area contributed by atoms with Crippen molar-refractivity contribution in [1.29, 1.82) is 5.26 Å². The van der Waals surface area contributed by atoms with Gasteiger partial charge in [-0.3, -0.25) is 9.69 Å². The molecule has 0 atom stereocenters. The van der Waals surface area contributed by atoms with Gasteiger partial charge >= 0.3 is 11.9 Å². The lowest BCUT2D eigenvalue weighted by atomic mass is 10.0. The highest BCUT2D eigenvalue weighted by molar-refractivity contribution is 6.33. The number of pyridine rings is 2. The lowest BCUT2D eigenvalue weighted by Gasteiger charge is -2.29. The first-order valence-corrected chi connectivity index (χ1v) is 17.7. The minimum Gasteiger partial charge on any atom is -0.462 e. The van der Waals surface area contributed by atoms with Crippen molar-refractivity contribution in [1.82, 2.24) is 20.2 Å². The van der Waals surface area contributed by atoms with E-state index >= 15 is 0 Å². The van der Waals surface area contributed by atoms with Gasteiger partial charge in [0.25, 0.3) is 11.8 Å². The number of hydrogen-bond acceptors (Lipinski definition) is 10. The van der Waals surface area contributed by atoms with Crippen LogP contribution in [0.1, 0.15) is 60.7 Å². The van der Waals surface area contributed by atoms with Gasteiger partial charge in [0.1, 0.15) is 23.3 Å². The number of rotatable bonds is 16. The van der Waals surface area contributed by atoms with Crippen LogP contribution < -0.4 is 16.0 Å². The number of aliphatic hydroxyl groups is 1. The second kappa shape index (κ2) is 18.8. The van der Waals surface area contributed by atoms with Crippen LogP contribution in [0, 0.1) is 11.3 Å². The zero-order valence-electron chi connectivity index (χ0n) is 30.5. The van der Waals surface area contributed by atoms with Gasteiger partial charge in [0.15, 0.2) is 0 Å². The molecule has 55 heavy (non-hydrogen) atoms. The molecule has 2 heterocycles. The highest BCUT2D eigenvalue weighted by atomic mass is 35.5. The Labute approximate surface area is 321 Å². The average molecular weight is 784 g/mol. The van der Waals surface area contributed by atoms with E-state index in [1.807, 2.05) is 66.7 Å². The van der Waals surface area contributed by atoms with Crippen molar-refractivity contribution in [3.05, 3.63) is 112 Å². The first-order valence-electron chi connectivity index (χ1n) is 17.3. The maximum atomic E-state index is 14.1.